The molecule has 118 valence electrons. The maximum Gasteiger partial charge on any atom is 0.416 e. The largest absolute Gasteiger partial charge is 0.430 e. The van der Waals surface area contributed by atoms with Crippen LogP contribution in [0.4, 0.5) is 26.3 Å². The Bertz CT molecular complexity index is 655. The van der Waals surface area contributed by atoms with Crippen LogP contribution in [-0.2, 0) is 6.18 Å². The molecular weight excluding hydrogens is 310 g/mol. The third-order valence-electron chi connectivity index (χ3n) is 2.77. The Labute approximate surface area is 122 Å². The zero-order chi connectivity index (χ0) is 16.5. The van der Waals surface area contributed by atoms with Gasteiger partial charge in [-0.3, -0.25) is 0 Å². The van der Waals surface area contributed by atoms with Crippen molar-refractivity contribution in [3.8, 4) is 16.9 Å². The number of benzene rings is 2. The van der Waals surface area contributed by atoms with Gasteiger partial charge in [-0.25, -0.2) is 4.39 Å². The van der Waals surface area contributed by atoms with Crippen molar-refractivity contribution < 1.29 is 31.1 Å². The van der Waals surface area contributed by atoms with Gasteiger partial charge in [-0.2, -0.15) is 22.0 Å². The highest BCUT2D eigenvalue weighted by molar-refractivity contribution is 5.64. The fraction of sp³-hybridized carbons (Fsp3) is 0.200. The molecule has 2 aromatic rings. The number of hydrogen-bond donors (Lipinski definition) is 0. The monoisotopic (exact) mass is 320 g/mol. The molecule has 2 aromatic carbocycles. The van der Waals surface area contributed by atoms with Crippen molar-refractivity contribution in [3.05, 3.63) is 53.8 Å². The third-order valence-corrected chi connectivity index (χ3v) is 2.77. The van der Waals surface area contributed by atoms with Crippen molar-refractivity contribution in [1.82, 2.24) is 0 Å². The number of ether oxygens (including phenoxy) is 1. The van der Waals surface area contributed by atoms with Crippen LogP contribution >= 0.6 is 0 Å². The van der Waals surface area contributed by atoms with E-state index >= 15 is 0 Å². The lowest BCUT2D eigenvalue weighted by Gasteiger charge is -2.14. The number of alkyl halides is 5. The van der Waals surface area contributed by atoms with Crippen molar-refractivity contribution in [2.75, 3.05) is 0 Å². The molecule has 0 unspecified atom stereocenters. The summed E-state index contributed by atoms with van der Waals surface area (Å²) >= 11 is 0. The lowest BCUT2D eigenvalue weighted by atomic mass is 10.0. The second-order valence-electron chi connectivity index (χ2n) is 4.63. The summed E-state index contributed by atoms with van der Waals surface area (Å²) in [7, 11) is 0. The molecule has 0 spiro atoms. The average molecular weight is 320 g/mol. The van der Waals surface area contributed by atoms with Crippen LogP contribution in [0.15, 0.2) is 42.5 Å². The summed E-state index contributed by atoms with van der Waals surface area (Å²) in [4.78, 5) is 0. The van der Waals surface area contributed by atoms with Crippen LogP contribution < -0.4 is 4.74 Å². The molecule has 0 heterocycles. The molecule has 0 N–H and O–H groups in total. The van der Waals surface area contributed by atoms with Crippen LogP contribution in [0.2, 0.25) is 0 Å². The van der Waals surface area contributed by atoms with E-state index in [1.54, 1.807) is 0 Å². The van der Waals surface area contributed by atoms with Gasteiger partial charge in [0.1, 0.15) is 0 Å². The lowest BCUT2D eigenvalue weighted by Crippen LogP contribution is -2.19. The first-order chi connectivity index (χ1) is 10.1. The highest BCUT2D eigenvalue weighted by Gasteiger charge is 2.30. The quantitative estimate of drug-likeness (QED) is 0.678. The van der Waals surface area contributed by atoms with E-state index in [0.717, 1.165) is 24.3 Å². The van der Waals surface area contributed by atoms with Crippen LogP contribution in [0, 0.1) is 5.82 Å². The highest BCUT2D eigenvalue weighted by Crippen LogP contribution is 2.32. The molecule has 22 heavy (non-hydrogen) atoms. The Morgan fingerprint density at radius 3 is 1.82 bits per heavy atom. The average Bonchev–Trinajstić information content (AvgIpc) is 2.39. The van der Waals surface area contributed by atoms with Gasteiger partial charge in [0.05, 0.1) is 5.56 Å². The van der Waals surface area contributed by atoms with E-state index in [0.29, 0.717) is 12.5 Å². The summed E-state index contributed by atoms with van der Waals surface area (Å²) in [6.45, 7) is 0.468. The van der Waals surface area contributed by atoms with Crippen LogP contribution in [-0.4, -0.2) is 6.11 Å². The van der Waals surface area contributed by atoms with Crippen molar-refractivity contribution in [1.29, 1.82) is 0 Å². The first-order valence-corrected chi connectivity index (χ1v) is 6.10. The van der Waals surface area contributed by atoms with Crippen LogP contribution in [0.5, 0.6) is 5.75 Å². The zero-order valence-electron chi connectivity index (χ0n) is 11.2. The molecule has 2 rings (SSSR count). The Morgan fingerprint density at radius 1 is 0.818 bits per heavy atom. The summed E-state index contributed by atoms with van der Waals surface area (Å²) in [6.07, 6.45) is -8.00. The minimum absolute atomic E-state index is 0.248. The Morgan fingerprint density at radius 2 is 1.36 bits per heavy atom. The number of halogens is 6. The van der Waals surface area contributed by atoms with Gasteiger partial charge in [0.2, 0.25) is 0 Å². The SMILES string of the molecule is CC(F)(F)Oc1ccc(-c2ccc(C(F)(F)F)cc2)cc1F. The Hall–Kier alpha value is -2.18. The predicted octanol–water partition coefficient (Wildman–Crippen LogP) is 5.50. The minimum atomic E-state index is -4.46. The summed E-state index contributed by atoms with van der Waals surface area (Å²) in [6, 6.07) is 7.27. The van der Waals surface area contributed by atoms with Gasteiger partial charge in [-0.05, 0) is 35.4 Å². The molecule has 0 atom stereocenters. The molecule has 0 amide bonds. The van der Waals surface area contributed by atoms with E-state index in [2.05, 4.69) is 4.74 Å². The predicted molar refractivity (Wildman–Crippen MR) is 68.1 cm³/mol. The topological polar surface area (TPSA) is 9.23 Å². The van der Waals surface area contributed by atoms with E-state index in [4.69, 9.17) is 0 Å². The van der Waals surface area contributed by atoms with Gasteiger partial charge in [-0.15, -0.1) is 0 Å². The van der Waals surface area contributed by atoms with Gasteiger partial charge in [-0.1, -0.05) is 18.2 Å². The number of rotatable bonds is 3. The van der Waals surface area contributed by atoms with Gasteiger partial charge in [0, 0.05) is 6.92 Å². The molecule has 1 nitrogen and oxygen atoms in total. The normalized spacial score (nSPS) is 12.3. The van der Waals surface area contributed by atoms with Crippen molar-refractivity contribution in [3.63, 3.8) is 0 Å². The summed E-state index contributed by atoms with van der Waals surface area (Å²) in [5, 5.41) is 0. The molecule has 0 radical (unpaired) electrons. The summed E-state index contributed by atoms with van der Waals surface area (Å²) in [5.41, 5.74) is -0.262. The molecule has 0 bridgehead atoms. The van der Waals surface area contributed by atoms with Crippen molar-refractivity contribution in [2.45, 2.75) is 19.2 Å². The van der Waals surface area contributed by atoms with Crippen molar-refractivity contribution in [2.24, 2.45) is 0 Å². The number of hydrogen-bond acceptors (Lipinski definition) is 1. The van der Waals surface area contributed by atoms with Gasteiger partial charge in [0.15, 0.2) is 11.6 Å². The molecule has 0 saturated carbocycles. The molecule has 0 fully saturated rings. The first-order valence-electron chi connectivity index (χ1n) is 6.10. The molecule has 0 saturated heterocycles. The second-order valence-corrected chi connectivity index (χ2v) is 4.63. The molecule has 0 aromatic heterocycles. The van der Waals surface area contributed by atoms with E-state index in [-0.39, 0.29) is 5.56 Å². The third kappa shape index (κ3) is 3.93. The van der Waals surface area contributed by atoms with E-state index in [9.17, 15) is 26.3 Å². The maximum atomic E-state index is 13.7. The lowest BCUT2D eigenvalue weighted by molar-refractivity contribution is -0.160. The van der Waals surface area contributed by atoms with Gasteiger partial charge in [0.25, 0.3) is 0 Å². The fourth-order valence-electron chi connectivity index (χ4n) is 1.81. The van der Waals surface area contributed by atoms with Crippen LogP contribution in [0.25, 0.3) is 11.1 Å². The van der Waals surface area contributed by atoms with E-state index in [1.165, 1.54) is 18.2 Å². The van der Waals surface area contributed by atoms with Crippen LogP contribution in [0.3, 0.4) is 0 Å². The Kier molecular flexibility index (Phi) is 4.08. The van der Waals surface area contributed by atoms with Crippen LogP contribution in [0.1, 0.15) is 12.5 Å². The standard InChI is InChI=1S/C15H10F6O/c1-14(17,18)22-13-7-4-10(8-12(13)16)9-2-5-11(6-3-9)15(19,20)21/h2-8H,1H3. The maximum absolute atomic E-state index is 13.7. The highest BCUT2D eigenvalue weighted by atomic mass is 19.4. The first kappa shape index (κ1) is 16.2. The summed E-state index contributed by atoms with van der Waals surface area (Å²) in [5.74, 6) is -1.66. The minimum Gasteiger partial charge on any atom is -0.430 e. The van der Waals surface area contributed by atoms with E-state index < -0.39 is 29.4 Å². The van der Waals surface area contributed by atoms with Gasteiger partial charge >= 0.3 is 12.3 Å². The molecule has 0 aliphatic heterocycles. The molecule has 7 heteroatoms. The molecular formula is C15H10F6O. The van der Waals surface area contributed by atoms with E-state index in [1.807, 2.05) is 0 Å². The smallest absolute Gasteiger partial charge is 0.416 e. The Balaban J connectivity index is 2.29. The second kappa shape index (κ2) is 5.55. The fourth-order valence-corrected chi connectivity index (χ4v) is 1.81. The zero-order valence-corrected chi connectivity index (χ0v) is 11.2. The molecule has 0 aliphatic rings. The van der Waals surface area contributed by atoms with Gasteiger partial charge < -0.3 is 4.74 Å². The molecule has 0 aliphatic carbocycles. The van der Waals surface area contributed by atoms with Crippen molar-refractivity contribution >= 4 is 0 Å². The summed E-state index contributed by atoms with van der Waals surface area (Å²) < 4.78 is 80.5.